The Hall–Kier alpha value is -2.32. The molecule has 0 aliphatic carbocycles. The Morgan fingerprint density at radius 1 is 1.46 bits per heavy atom. The molecule has 3 N–H and O–H groups in total. The van der Waals surface area contributed by atoms with Crippen LogP contribution in [0.15, 0.2) is 40.5 Å². The Bertz CT molecular complexity index is 939. The van der Waals surface area contributed by atoms with E-state index in [1.54, 1.807) is 24.3 Å². The van der Waals surface area contributed by atoms with E-state index in [-0.39, 0.29) is 11.5 Å². The highest BCUT2D eigenvalue weighted by Crippen LogP contribution is 2.24. The normalized spacial score (nSPS) is 12.2. The maximum absolute atomic E-state index is 12.4. The SMILES string of the molecule is CC[C@@H](Sc1nc2nc[nH]c2c(=O)[nH]1)C(=O)Nc1cccc(Cl)c1. The van der Waals surface area contributed by atoms with Crippen molar-refractivity contribution in [3.63, 3.8) is 0 Å². The van der Waals surface area contributed by atoms with Crippen LogP contribution in [-0.4, -0.2) is 31.1 Å². The number of nitrogens with one attached hydrogen (secondary N) is 3. The summed E-state index contributed by atoms with van der Waals surface area (Å²) in [5, 5.41) is 3.30. The van der Waals surface area contributed by atoms with Crippen molar-refractivity contribution in [1.82, 2.24) is 19.9 Å². The molecule has 0 bridgehead atoms. The second-order valence-electron chi connectivity index (χ2n) is 4.99. The monoisotopic (exact) mass is 363 g/mol. The van der Waals surface area contributed by atoms with Gasteiger partial charge in [-0.1, -0.05) is 36.4 Å². The van der Waals surface area contributed by atoms with E-state index in [4.69, 9.17) is 11.6 Å². The number of carbonyl (C=O) groups is 1. The highest BCUT2D eigenvalue weighted by atomic mass is 35.5. The Morgan fingerprint density at radius 2 is 2.29 bits per heavy atom. The van der Waals surface area contributed by atoms with E-state index < -0.39 is 5.25 Å². The summed E-state index contributed by atoms with van der Waals surface area (Å²) >= 11 is 7.10. The summed E-state index contributed by atoms with van der Waals surface area (Å²) in [6.45, 7) is 1.89. The molecule has 124 valence electrons. The number of amides is 1. The Balaban J connectivity index is 1.77. The predicted octanol–water partition coefficient (Wildman–Crippen LogP) is 2.81. The number of aromatic nitrogens is 4. The van der Waals surface area contributed by atoms with Crippen molar-refractivity contribution in [2.24, 2.45) is 0 Å². The van der Waals surface area contributed by atoms with Crippen molar-refractivity contribution < 1.29 is 4.79 Å². The number of benzene rings is 1. The van der Waals surface area contributed by atoms with E-state index in [0.29, 0.717) is 33.5 Å². The second kappa shape index (κ2) is 7.06. The van der Waals surface area contributed by atoms with Crippen molar-refractivity contribution in [1.29, 1.82) is 0 Å². The summed E-state index contributed by atoms with van der Waals surface area (Å²) in [4.78, 5) is 38.0. The van der Waals surface area contributed by atoms with Gasteiger partial charge in [-0.3, -0.25) is 14.6 Å². The number of nitrogens with zero attached hydrogens (tertiary/aromatic N) is 2. The van der Waals surface area contributed by atoms with Crippen molar-refractivity contribution in [2.75, 3.05) is 5.32 Å². The van der Waals surface area contributed by atoms with Crippen molar-refractivity contribution in [2.45, 2.75) is 23.8 Å². The van der Waals surface area contributed by atoms with E-state index in [2.05, 4.69) is 25.3 Å². The van der Waals surface area contributed by atoms with Crippen LogP contribution in [0.1, 0.15) is 13.3 Å². The molecule has 0 unspecified atom stereocenters. The topological polar surface area (TPSA) is 104 Å². The molecular formula is C15H14ClN5O2S. The van der Waals surface area contributed by atoms with Gasteiger partial charge in [-0.25, -0.2) is 9.97 Å². The van der Waals surface area contributed by atoms with Crippen LogP contribution in [0.3, 0.4) is 0 Å². The minimum atomic E-state index is -0.413. The first kappa shape index (κ1) is 16.5. The molecule has 7 nitrogen and oxygen atoms in total. The lowest BCUT2D eigenvalue weighted by molar-refractivity contribution is -0.115. The number of aromatic amines is 2. The molecule has 1 atom stereocenters. The van der Waals surface area contributed by atoms with Crippen molar-refractivity contribution in [3.05, 3.63) is 46.0 Å². The molecule has 0 fully saturated rings. The molecule has 1 aromatic carbocycles. The second-order valence-corrected chi connectivity index (χ2v) is 6.61. The third-order valence-corrected chi connectivity index (χ3v) is 4.77. The molecule has 9 heteroatoms. The van der Waals surface area contributed by atoms with E-state index >= 15 is 0 Å². The van der Waals surface area contributed by atoms with Crippen LogP contribution >= 0.6 is 23.4 Å². The van der Waals surface area contributed by atoms with Gasteiger partial charge in [0.05, 0.1) is 11.6 Å². The van der Waals surface area contributed by atoms with Crippen LogP contribution in [0, 0.1) is 0 Å². The smallest absolute Gasteiger partial charge is 0.277 e. The predicted molar refractivity (Wildman–Crippen MR) is 94.5 cm³/mol. The minimum Gasteiger partial charge on any atom is -0.339 e. The van der Waals surface area contributed by atoms with Crippen LogP contribution in [0.2, 0.25) is 5.02 Å². The molecular weight excluding hydrogens is 350 g/mol. The van der Waals surface area contributed by atoms with Gasteiger partial charge in [-0.15, -0.1) is 0 Å². The summed E-state index contributed by atoms with van der Waals surface area (Å²) in [6.07, 6.45) is 1.98. The molecule has 2 aromatic heterocycles. The van der Waals surface area contributed by atoms with E-state index in [9.17, 15) is 9.59 Å². The molecule has 3 aromatic rings. The lowest BCUT2D eigenvalue weighted by atomic mass is 10.3. The third kappa shape index (κ3) is 3.60. The van der Waals surface area contributed by atoms with Crippen LogP contribution in [0.25, 0.3) is 11.2 Å². The molecule has 0 aliphatic rings. The maximum Gasteiger partial charge on any atom is 0.277 e. The van der Waals surface area contributed by atoms with E-state index in [0.717, 1.165) is 0 Å². The van der Waals surface area contributed by atoms with Gasteiger partial charge in [0.25, 0.3) is 5.56 Å². The lowest BCUT2D eigenvalue weighted by Crippen LogP contribution is -2.25. The maximum atomic E-state index is 12.4. The largest absolute Gasteiger partial charge is 0.339 e. The van der Waals surface area contributed by atoms with Crippen LogP contribution in [-0.2, 0) is 4.79 Å². The molecule has 0 radical (unpaired) electrons. The number of rotatable bonds is 5. The third-order valence-electron chi connectivity index (χ3n) is 3.28. The lowest BCUT2D eigenvalue weighted by Gasteiger charge is -2.14. The number of halogens is 1. The van der Waals surface area contributed by atoms with Gasteiger partial charge in [0.1, 0.15) is 0 Å². The fourth-order valence-electron chi connectivity index (χ4n) is 2.12. The summed E-state index contributed by atoms with van der Waals surface area (Å²) < 4.78 is 0. The van der Waals surface area contributed by atoms with E-state index in [1.165, 1.54) is 18.1 Å². The number of hydrogen-bond acceptors (Lipinski definition) is 5. The molecule has 0 spiro atoms. The Morgan fingerprint density at radius 3 is 3.04 bits per heavy atom. The zero-order chi connectivity index (χ0) is 17.1. The van der Waals surface area contributed by atoms with Gasteiger partial charge >= 0.3 is 0 Å². The number of thioether (sulfide) groups is 1. The number of H-pyrrole nitrogens is 2. The Kier molecular flexibility index (Phi) is 4.86. The van der Waals surface area contributed by atoms with Gasteiger partial charge in [0.2, 0.25) is 5.91 Å². The quantitative estimate of drug-likeness (QED) is 0.477. The summed E-state index contributed by atoms with van der Waals surface area (Å²) in [7, 11) is 0. The first-order chi connectivity index (χ1) is 11.6. The van der Waals surface area contributed by atoms with Crippen LogP contribution in [0.4, 0.5) is 5.69 Å². The number of fused-ring (bicyclic) bond motifs is 1. The minimum absolute atomic E-state index is 0.186. The number of carbonyl (C=O) groups excluding carboxylic acids is 1. The zero-order valence-corrected chi connectivity index (χ0v) is 14.2. The first-order valence-corrected chi connectivity index (χ1v) is 8.49. The Labute approximate surface area is 146 Å². The summed E-state index contributed by atoms with van der Waals surface area (Å²) in [5.41, 5.74) is 0.947. The average molecular weight is 364 g/mol. The number of hydrogen-bond donors (Lipinski definition) is 3. The molecule has 3 rings (SSSR count). The van der Waals surface area contributed by atoms with Crippen molar-refractivity contribution >= 4 is 46.1 Å². The highest BCUT2D eigenvalue weighted by molar-refractivity contribution is 8.00. The van der Waals surface area contributed by atoms with Crippen LogP contribution in [0.5, 0.6) is 0 Å². The molecule has 0 saturated heterocycles. The molecule has 0 saturated carbocycles. The molecule has 2 heterocycles. The fourth-order valence-corrected chi connectivity index (χ4v) is 3.21. The zero-order valence-electron chi connectivity index (χ0n) is 12.7. The van der Waals surface area contributed by atoms with Crippen molar-refractivity contribution in [3.8, 4) is 0 Å². The molecule has 0 aliphatic heterocycles. The molecule has 1 amide bonds. The van der Waals surface area contributed by atoms with Gasteiger partial charge in [-0.05, 0) is 24.6 Å². The van der Waals surface area contributed by atoms with Gasteiger partial charge < -0.3 is 10.3 Å². The summed E-state index contributed by atoms with van der Waals surface area (Å²) in [5.74, 6) is -0.186. The standard InChI is InChI=1S/C15H14ClN5O2S/c1-2-10(13(22)19-9-5-3-4-8(16)6-9)24-15-20-12-11(14(23)21-15)17-7-18-12/h3-7,10H,2H2,1H3,(H,19,22)(H2,17,18,20,21,23)/t10-/m1/s1. The fraction of sp³-hybridized carbons (Fsp3) is 0.200. The van der Waals surface area contributed by atoms with Crippen LogP contribution < -0.4 is 10.9 Å². The van der Waals surface area contributed by atoms with E-state index in [1.807, 2.05) is 6.92 Å². The van der Waals surface area contributed by atoms with Gasteiger partial charge in [0.15, 0.2) is 16.3 Å². The van der Waals surface area contributed by atoms with Gasteiger partial charge in [-0.2, -0.15) is 0 Å². The molecule has 24 heavy (non-hydrogen) atoms. The average Bonchev–Trinajstić information content (AvgIpc) is 3.01. The highest BCUT2D eigenvalue weighted by Gasteiger charge is 2.20. The first-order valence-electron chi connectivity index (χ1n) is 7.23. The number of imidazole rings is 1. The van der Waals surface area contributed by atoms with Gasteiger partial charge in [0, 0.05) is 10.7 Å². The summed E-state index contributed by atoms with van der Waals surface area (Å²) in [6, 6.07) is 6.93. The number of anilines is 1.